The lowest BCUT2D eigenvalue weighted by Crippen LogP contribution is -2.27. The van der Waals surface area contributed by atoms with Crippen molar-refractivity contribution in [1.82, 2.24) is 5.32 Å². The summed E-state index contributed by atoms with van der Waals surface area (Å²) in [5.74, 6) is -0.623. The third-order valence-corrected chi connectivity index (χ3v) is 2.43. The van der Waals surface area contributed by atoms with Crippen LogP contribution in [0.1, 0.15) is 30.6 Å². The van der Waals surface area contributed by atoms with Crippen LogP contribution in [-0.2, 0) is 9.53 Å². The highest BCUT2D eigenvalue weighted by Crippen LogP contribution is 2.14. The summed E-state index contributed by atoms with van der Waals surface area (Å²) in [6.45, 7) is 3.79. The number of esters is 1. The Balaban J connectivity index is 2.39. The summed E-state index contributed by atoms with van der Waals surface area (Å²) >= 11 is 5.88. The summed E-state index contributed by atoms with van der Waals surface area (Å²) in [5.41, 5.74) is 0.399. The first-order valence-electron chi connectivity index (χ1n) is 5.73. The molecular formula is C13H16ClNO3. The fraction of sp³-hybridized carbons (Fsp3) is 0.385. The van der Waals surface area contributed by atoms with Crippen LogP contribution in [0.5, 0.6) is 0 Å². The van der Waals surface area contributed by atoms with Crippen molar-refractivity contribution in [3.63, 3.8) is 0 Å². The Morgan fingerprint density at radius 3 is 2.61 bits per heavy atom. The molecule has 0 radical (unpaired) electrons. The van der Waals surface area contributed by atoms with Crippen LogP contribution in [0.25, 0.3) is 0 Å². The Morgan fingerprint density at radius 1 is 1.33 bits per heavy atom. The van der Waals surface area contributed by atoms with E-state index in [1.165, 1.54) is 0 Å². The summed E-state index contributed by atoms with van der Waals surface area (Å²) in [6, 6.07) is 6.75. The monoisotopic (exact) mass is 269 g/mol. The van der Waals surface area contributed by atoms with Gasteiger partial charge in [0.05, 0.1) is 23.1 Å². The Hall–Kier alpha value is -1.55. The molecule has 1 aromatic rings. The minimum Gasteiger partial charge on any atom is -0.463 e. The van der Waals surface area contributed by atoms with Gasteiger partial charge in [-0.2, -0.15) is 0 Å². The van der Waals surface area contributed by atoms with Crippen molar-refractivity contribution in [2.75, 3.05) is 6.54 Å². The number of benzene rings is 1. The first-order chi connectivity index (χ1) is 8.50. The highest BCUT2D eigenvalue weighted by Gasteiger charge is 2.10. The zero-order chi connectivity index (χ0) is 13.5. The molecule has 0 spiro atoms. The van der Waals surface area contributed by atoms with E-state index >= 15 is 0 Å². The molecule has 0 bridgehead atoms. The van der Waals surface area contributed by atoms with E-state index in [0.29, 0.717) is 10.6 Å². The predicted octanol–water partition coefficient (Wildman–Crippen LogP) is 2.41. The minimum atomic E-state index is -0.329. The summed E-state index contributed by atoms with van der Waals surface area (Å²) in [6.07, 6.45) is 0.00531. The molecule has 1 rings (SSSR count). The summed E-state index contributed by atoms with van der Waals surface area (Å²) in [4.78, 5) is 23.0. The maximum absolute atomic E-state index is 11.7. The standard InChI is InChI=1S/C13H16ClNO3/c1-9(2)18-12(16)7-8-15-13(17)10-5-3-4-6-11(10)14/h3-6,9H,7-8H2,1-2H3,(H,15,17). The molecule has 0 fully saturated rings. The van der Waals surface area contributed by atoms with Crippen LogP contribution in [0.2, 0.25) is 5.02 Å². The smallest absolute Gasteiger partial charge is 0.307 e. The maximum Gasteiger partial charge on any atom is 0.307 e. The molecule has 0 aliphatic carbocycles. The number of hydrogen-bond acceptors (Lipinski definition) is 3. The van der Waals surface area contributed by atoms with Gasteiger partial charge in [0.2, 0.25) is 0 Å². The molecule has 0 unspecified atom stereocenters. The summed E-state index contributed by atoms with van der Waals surface area (Å²) in [5, 5.41) is 3.01. The average molecular weight is 270 g/mol. The number of ether oxygens (including phenoxy) is 1. The van der Waals surface area contributed by atoms with Crippen molar-refractivity contribution < 1.29 is 14.3 Å². The van der Waals surface area contributed by atoms with Crippen molar-refractivity contribution in [1.29, 1.82) is 0 Å². The average Bonchev–Trinajstić information content (AvgIpc) is 2.28. The number of hydrogen-bond donors (Lipinski definition) is 1. The quantitative estimate of drug-likeness (QED) is 0.835. The van der Waals surface area contributed by atoms with Gasteiger partial charge in [-0.05, 0) is 26.0 Å². The lowest BCUT2D eigenvalue weighted by molar-refractivity contribution is -0.147. The van der Waals surface area contributed by atoms with Gasteiger partial charge in [0.15, 0.2) is 0 Å². The van der Waals surface area contributed by atoms with Gasteiger partial charge in [-0.15, -0.1) is 0 Å². The van der Waals surface area contributed by atoms with Gasteiger partial charge in [-0.25, -0.2) is 0 Å². The van der Waals surface area contributed by atoms with E-state index in [4.69, 9.17) is 16.3 Å². The van der Waals surface area contributed by atoms with Gasteiger partial charge in [0.25, 0.3) is 5.91 Å². The molecule has 0 saturated carbocycles. The second kappa shape index (κ2) is 7.01. The molecule has 1 amide bonds. The molecule has 0 aromatic heterocycles. The third-order valence-electron chi connectivity index (χ3n) is 2.10. The summed E-state index contributed by atoms with van der Waals surface area (Å²) < 4.78 is 4.95. The first kappa shape index (κ1) is 14.5. The van der Waals surface area contributed by atoms with Crippen molar-refractivity contribution in [3.8, 4) is 0 Å². The number of halogens is 1. The predicted molar refractivity (Wildman–Crippen MR) is 69.6 cm³/mol. The number of amides is 1. The Bertz CT molecular complexity index is 432. The molecule has 1 aromatic carbocycles. The molecule has 0 aliphatic heterocycles. The number of rotatable bonds is 5. The number of carbonyl (C=O) groups is 2. The second-order valence-electron chi connectivity index (χ2n) is 4.02. The lowest BCUT2D eigenvalue weighted by atomic mass is 10.2. The first-order valence-corrected chi connectivity index (χ1v) is 6.10. The van der Waals surface area contributed by atoms with Crippen molar-refractivity contribution in [2.24, 2.45) is 0 Å². The van der Waals surface area contributed by atoms with Gasteiger partial charge in [0, 0.05) is 6.54 Å². The fourth-order valence-corrected chi connectivity index (χ4v) is 1.56. The van der Waals surface area contributed by atoms with Gasteiger partial charge >= 0.3 is 5.97 Å². The maximum atomic E-state index is 11.7. The van der Waals surface area contributed by atoms with Gasteiger partial charge in [0.1, 0.15) is 0 Å². The zero-order valence-corrected chi connectivity index (χ0v) is 11.2. The van der Waals surface area contributed by atoms with E-state index in [2.05, 4.69) is 5.32 Å². The van der Waals surface area contributed by atoms with Crippen LogP contribution in [0.4, 0.5) is 0 Å². The SMILES string of the molecule is CC(C)OC(=O)CCNC(=O)c1ccccc1Cl. The van der Waals surface area contributed by atoms with E-state index in [0.717, 1.165) is 0 Å². The normalized spacial score (nSPS) is 10.2. The largest absolute Gasteiger partial charge is 0.463 e. The molecule has 1 N–H and O–H groups in total. The highest BCUT2D eigenvalue weighted by atomic mass is 35.5. The van der Waals surface area contributed by atoms with Crippen LogP contribution >= 0.6 is 11.6 Å². The van der Waals surface area contributed by atoms with E-state index in [-0.39, 0.29) is 30.9 Å². The van der Waals surface area contributed by atoms with Crippen molar-refractivity contribution in [3.05, 3.63) is 34.9 Å². The topological polar surface area (TPSA) is 55.4 Å². The number of carbonyl (C=O) groups excluding carboxylic acids is 2. The van der Waals surface area contributed by atoms with Crippen LogP contribution in [-0.4, -0.2) is 24.5 Å². The second-order valence-corrected chi connectivity index (χ2v) is 4.43. The lowest BCUT2D eigenvalue weighted by Gasteiger charge is -2.09. The Morgan fingerprint density at radius 2 is 2.00 bits per heavy atom. The van der Waals surface area contributed by atoms with E-state index < -0.39 is 0 Å². The Labute approximate surface area is 111 Å². The highest BCUT2D eigenvalue weighted by molar-refractivity contribution is 6.33. The summed E-state index contributed by atoms with van der Waals surface area (Å²) in [7, 11) is 0. The molecule has 0 heterocycles. The van der Waals surface area contributed by atoms with E-state index in [1.54, 1.807) is 38.1 Å². The molecule has 0 atom stereocenters. The van der Waals surface area contributed by atoms with Crippen LogP contribution < -0.4 is 5.32 Å². The molecule has 18 heavy (non-hydrogen) atoms. The number of nitrogens with one attached hydrogen (secondary N) is 1. The van der Waals surface area contributed by atoms with Gasteiger partial charge < -0.3 is 10.1 Å². The molecule has 4 nitrogen and oxygen atoms in total. The minimum absolute atomic E-state index is 0.142. The van der Waals surface area contributed by atoms with Crippen molar-refractivity contribution >= 4 is 23.5 Å². The van der Waals surface area contributed by atoms with E-state index in [9.17, 15) is 9.59 Å². The third kappa shape index (κ3) is 4.75. The molecule has 0 saturated heterocycles. The van der Waals surface area contributed by atoms with Gasteiger partial charge in [-0.1, -0.05) is 23.7 Å². The van der Waals surface area contributed by atoms with Crippen LogP contribution in [0.3, 0.4) is 0 Å². The van der Waals surface area contributed by atoms with E-state index in [1.807, 2.05) is 0 Å². The van der Waals surface area contributed by atoms with Crippen LogP contribution in [0.15, 0.2) is 24.3 Å². The zero-order valence-electron chi connectivity index (χ0n) is 10.4. The molecule has 0 aliphatic rings. The van der Waals surface area contributed by atoms with Crippen LogP contribution in [0, 0.1) is 0 Å². The fourth-order valence-electron chi connectivity index (χ4n) is 1.34. The van der Waals surface area contributed by atoms with Gasteiger partial charge in [-0.3, -0.25) is 9.59 Å². The Kier molecular flexibility index (Phi) is 5.65. The molecular weight excluding hydrogens is 254 g/mol. The van der Waals surface area contributed by atoms with Crippen molar-refractivity contribution in [2.45, 2.75) is 26.4 Å². The molecule has 98 valence electrons. The molecule has 5 heteroatoms.